The van der Waals surface area contributed by atoms with Crippen molar-refractivity contribution in [3.8, 4) is 17.2 Å². The minimum Gasteiger partial charge on any atom is -0.490 e. The Morgan fingerprint density at radius 2 is 1.63 bits per heavy atom. The first-order valence-electron chi connectivity index (χ1n) is 11.6. The van der Waals surface area contributed by atoms with Gasteiger partial charge in [0.15, 0.2) is 18.1 Å². The minimum atomic E-state index is -0.636. The topological polar surface area (TPSA) is 101 Å². The molecule has 1 amide bonds. The molecular formula is C26H31NO8. The highest BCUT2D eigenvalue weighted by Crippen LogP contribution is 2.29. The number of rotatable bonds is 11. The molecule has 2 aromatic carbocycles. The fourth-order valence-electron chi connectivity index (χ4n) is 3.68. The Labute approximate surface area is 204 Å². The zero-order valence-electron chi connectivity index (χ0n) is 20.1. The molecule has 3 rings (SSSR count). The van der Waals surface area contributed by atoms with Crippen molar-refractivity contribution in [3.63, 3.8) is 0 Å². The molecule has 1 aliphatic rings. The lowest BCUT2D eigenvalue weighted by Gasteiger charge is -2.30. The molecule has 0 radical (unpaired) electrons. The molecule has 0 bridgehead atoms. The van der Waals surface area contributed by atoms with Gasteiger partial charge in [-0.15, -0.1) is 0 Å². The predicted molar refractivity (Wildman–Crippen MR) is 127 cm³/mol. The van der Waals surface area contributed by atoms with Crippen LogP contribution >= 0.6 is 0 Å². The van der Waals surface area contributed by atoms with Crippen LogP contribution in [0.25, 0.3) is 0 Å². The van der Waals surface area contributed by atoms with E-state index in [1.165, 1.54) is 13.2 Å². The maximum absolute atomic E-state index is 12.5. The van der Waals surface area contributed by atoms with Gasteiger partial charge in [-0.05, 0) is 50.1 Å². The second kappa shape index (κ2) is 13.2. The summed E-state index contributed by atoms with van der Waals surface area (Å²) in [5.74, 6) is 0.232. The van der Waals surface area contributed by atoms with Crippen molar-refractivity contribution in [3.05, 3.63) is 54.1 Å². The summed E-state index contributed by atoms with van der Waals surface area (Å²) in [6.07, 6.45) is 1.06. The van der Waals surface area contributed by atoms with Crippen LogP contribution in [0.4, 0.5) is 0 Å². The number of ether oxygens (including phenoxy) is 5. The molecular weight excluding hydrogens is 454 g/mol. The summed E-state index contributed by atoms with van der Waals surface area (Å²) in [7, 11) is 1.36. The number of esters is 2. The number of methoxy groups -OCH3 is 1. The average Bonchev–Trinajstić information content (AvgIpc) is 2.90. The number of hydrogen-bond acceptors (Lipinski definition) is 8. The van der Waals surface area contributed by atoms with Crippen molar-refractivity contribution in [2.75, 3.05) is 46.6 Å². The Hall–Kier alpha value is -3.75. The van der Waals surface area contributed by atoms with Gasteiger partial charge in [-0.3, -0.25) is 9.59 Å². The molecule has 0 aliphatic carbocycles. The number of carbonyl (C=O) groups is 3. The third-order valence-corrected chi connectivity index (χ3v) is 5.54. The second-order valence-electron chi connectivity index (χ2n) is 7.86. The molecule has 1 saturated heterocycles. The van der Waals surface area contributed by atoms with Gasteiger partial charge >= 0.3 is 11.9 Å². The normalized spacial score (nSPS) is 13.6. The largest absolute Gasteiger partial charge is 0.490 e. The van der Waals surface area contributed by atoms with E-state index in [0.29, 0.717) is 57.3 Å². The van der Waals surface area contributed by atoms with Crippen LogP contribution in [0, 0.1) is 5.92 Å². The first kappa shape index (κ1) is 25.9. The number of nitrogens with zero attached hydrogens (tertiary/aromatic N) is 1. The molecule has 2 aromatic rings. The predicted octanol–water partition coefficient (Wildman–Crippen LogP) is 3.11. The van der Waals surface area contributed by atoms with Gasteiger partial charge < -0.3 is 28.6 Å². The van der Waals surface area contributed by atoms with Gasteiger partial charge in [-0.1, -0.05) is 18.2 Å². The number of benzene rings is 2. The number of para-hydroxylation sites is 1. The van der Waals surface area contributed by atoms with Gasteiger partial charge in [0.2, 0.25) is 0 Å². The van der Waals surface area contributed by atoms with Gasteiger partial charge in [0.1, 0.15) is 19.0 Å². The third kappa shape index (κ3) is 7.63. The van der Waals surface area contributed by atoms with E-state index in [1.54, 1.807) is 17.0 Å². The van der Waals surface area contributed by atoms with Gasteiger partial charge in [-0.2, -0.15) is 0 Å². The highest BCUT2D eigenvalue weighted by Gasteiger charge is 2.28. The van der Waals surface area contributed by atoms with Crippen LogP contribution in [0.5, 0.6) is 17.2 Å². The Balaban J connectivity index is 1.48. The first-order chi connectivity index (χ1) is 17.0. The molecule has 0 aromatic heterocycles. The van der Waals surface area contributed by atoms with Crippen molar-refractivity contribution in [2.24, 2.45) is 5.92 Å². The maximum atomic E-state index is 12.5. The molecule has 188 valence electrons. The van der Waals surface area contributed by atoms with Crippen LogP contribution in [-0.4, -0.2) is 69.4 Å². The van der Waals surface area contributed by atoms with E-state index in [2.05, 4.69) is 0 Å². The van der Waals surface area contributed by atoms with Crippen molar-refractivity contribution in [1.82, 2.24) is 4.90 Å². The van der Waals surface area contributed by atoms with Crippen molar-refractivity contribution >= 4 is 17.8 Å². The van der Waals surface area contributed by atoms with E-state index in [4.69, 9.17) is 23.7 Å². The smallest absolute Gasteiger partial charge is 0.338 e. The molecule has 0 spiro atoms. The van der Waals surface area contributed by atoms with Crippen LogP contribution in [0.3, 0.4) is 0 Å². The number of carbonyl (C=O) groups excluding carboxylic acids is 3. The van der Waals surface area contributed by atoms with Crippen molar-refractivity contribution < 1.29 is 38.1 Å². The molecule has 1 heterocycles. The summed E-state index contributed by atoms with van der Waals surface area (Å²) < 4.78 is 27.0. The summed E-state index contributed by atoms with van der Waals surface area (Å²) in [6.45, 7) is 3.32. The van der Waals surface area contributed by atoms with Gasteiger partial charge in [-0.25, -0.2) is 4.79 Å². The molecule has 0 unspecified atom stereocenters. The lowest BCUT2D eigenvalue weighted by Crippen LogP contribution is -2.42. The molecule has 1 fully saturated rings. The third-order valence-electron chi connectivity index (χ3n) is 5.54. The summed E-state index contributed by atoms with van der Waals surface area (Å²) in [6, 6.07) is 14.1. The van der Waals surface area contributed by atoms with E-state index in [1.807, 2.05) is 37.3 Å². The minimum absolute atomic E-state index is 0.200. The number of amides is 1. The van der Waals surface area contributed by atoms with E-state index in [9.17, 15) is 14.4 Å². The Kier molecular flexibility index (Phi) is 9.77. The van der Waals surface area contributed by atoms with Crippen LogP contribution < -0.4 is 14.2 Å². The van der Waals surface area contributed by atoms with Gasteiger partial charge in [0, 0.05) is 13.1 Å². The fraction of sp³-hybridized carbons (Fsp3) is 0.423. The summed E-state index contributed by atoms with van der Waals surface area (Å²) in [4.78, 5) is 38.2. The summed E-state index contributed by atoms with van der Waals surface area (Å²) in [5.41, 5.74) is 0.249. The standard InChI is InChI=1S/C26H31NO8/c1-3-32-23-17-20(9-10-22(23)34-16-15-33-21-7-5-4-6-8-21)26(30)35-18-24(28)27-13-11-19(12-14-27)25(29)31-2/h4-10,17,19H,3,11-16,18H2,1-2H3. The van der Waals surface area contributed by atoms with Crippen LogP contribution in [-0.2, 0) is 19.1 Å². The van der Waals surface area contributed by atoms with E-state index in [-0.39, 0.29) is 30.0 Å². The molecule has 1 aliphatic heterocycles. The van der Waals surface area contributed by atoms with Crippen molar-refractivity contribution in [1.29, 1.82) is 0 Å². The zero-order chi connectivity index (χ0) is 25.0. The lowest BCUT2D eigenvalue weighted by atomic mass is 9.97. The van der Waals surface area contributed by atoms with Gasteiger partial charge in [0.05, 0.1) is 25.2 Å². The zero-order valence-corrected chi connectivity index (χ0v) is 20.1. The van der Waals surface area contributed by atoms with E-state index in [0.717, 1.165) is 5.75 Å². The summed E-state index contributed by atoms with van der Waals surface area (Å²) in [5, 5.41) is 0. The quantitative estimate of drug-likeness (QED) is 0.354. The number of hydrogen-bond donors (Lipinski definition) is 0. The fourth-order valence-corrected chi connectivity index (χ4v) is 3.68. The first-order valence-corrected chi connectivity index (χ1v) is 11.6. The van der Waals surface area contributed by atoms with E-state index >= 15 is 0 Å². The molecule has 0 N–H and O–H groups in total. The number of piperidine rings is 1. The lowest BCUT2D eigenvalue weighted by molar-refractivity contribution is -0.149. The Bertz CT molecular complexity index is 986. The van der Waals surface area contributed by atoms with Crippen LogP contribution in [0.15, 0.2) is 48.5 Å². The van der Waals surface area contributed by atoms with Crippen LogP contribution in [0.1, 0.15) is 30.1 Å². The monoisotopic (exact) mass is 485 g/mol. The average molecular weight is 486 g/mol. The summed E-state index contributed by atoms with van der Waals surface area (Å²) >= 11 is 0. The second-order valence-corrected chi connectivity index (χ2v) is 7.86. The Morgan fingerprint density at radius 3 is 2.31 bits per heavy atom. The molecule has 9 heteroatoms. The number of likely N-dealkylation sites (tertiary alicyclic amines) is 1. The van der Waals surface area contributed by atoms with Gasteiger partial charge in [0.25, 0.3) is 5.91 Å². The van der Waals surface area contributed by atoms with Crippen LogP contribution in [0.2, 0.25) is 0 Å². The molecule has 0 atom stereocenters. The SMILES string of the molecule is CCOc1cc(C(=O)OCC(=O)N2CCC(C(=O)OC)CC2)ccc1OCCOc1ccccc1. The van der Waals surface area contributed by atoms with E-state index < -0.39 is 5.97 Å². The highest BCUT2D eigenvalue weighted by molar-refractivity contribution is 5.92. The molecule has 9 nitrogen and oxygen atoms in total. The molecule has 35 heavy (non-hydrogen) atoms. The Morgan fingerprint density at radius 1 is 0.914 bits per heavy atom. The molecule has 0 saturated carbocycles. The highest BCUT2D eigenvalue weighted by atomic mass is 16.5. The maximum Gasteiger partial charge on any atom is 0.338 e. The van der Waals surface area contributed by atoms with Crippen molar-refractivity contribution in [2.45, 2.75) is 19.8 Å².